The van der Waals surface area contributed by atoms with Crippen molar-refractivity contribution in [3.05, 3.63) is 68.4 Å². The Hall–Kier alpha value is -3.42. The number of rotatable bonds is 8. The molecule has 0 saturated carbocycles. The summed E-state index contributed by atoms with van der Waals surface area (Å²) >= 11 is 0. The lowest BCUT2D eigenvalue weighted by Crippen LogP contribution is -2.26. The first-order valence-electron chi connectivity index (χ1n) is 10.3. The van der Waals surface area contributed by atoms with Gasteiger partial charge < -0.3 is 10.1 Å². The van der Waals surface area contributed by atoms with Gasteiger partial charge >= 0.3 is 0 Å². The molecular formula is C23H29N5O3. The molecule has 0 fully saturated rings. The Bertz CT molecular complexity index is 1150. The normalized spacial score (nSPS) is 10.9. The molecule has 8 nitrogen and oxygen atoms in total. The van der Waals surface area contributed by atoms with Gasteiger partial charge in [-0.2, -0.15) is 5.10 Å². The van der Waals surface area contributed by atoms with E-state index in [9.17, 15) is 9.59 Å². The molecule has 164 valence electrons. The van der Waals surface area contributed by atoms with Crippen molar-refractivity contribution in [2.75, 3.05) is 13.7 Å². The van der Waals surface area contributed by atoms with Crippen LogP contribution in [0.4, 0.5) is 0 Å². The number of aryl methyl sites for hydroxylation is 2. The number of H-pyrrole nitrogens is 1. The zero-order chi connectivity index (χ0) is 22.5. The number of aromatic amines is 1. The maximum absolute atomic E-state index is 12.4. The van der Waals surface area contributed by atoms with Gasteiger partial charge in [-0.25, -0.2) is 9.67 Å². The highest BCUT2D eigenvalue weighted by atomic mass is 16.5. The first kappa shape index (κ1) is 22.3. The third kappa shape index (κ3) is 5.02. The van der Waals surface area contributed by atoms with Crippen LogP contribution in [0.2, 0.25) is 0 Å². The van der Waals surface area contributed by atoms with E-state index < -0.39 is 0 Å². The monoisotopic (exact) mass is 423 g/mol. The molecule has 3 rings (SSSR count). The van der Waals surface area contributed by atoms with Crippen LogP contribution >= 0.6 is 0 Å². The van der Waals surface area contributed by atoms with Gasteiger partial charge in [0.2, 0.25) is 11.9 Å². The summed E-state index contributed by atoms with van der Waals surface area (Å²) in [5, 5.41) is 7.50. The first-order valence-corrected chi connectivity index (χ1v) is 10.3. The van der Waals surface area contributed by atoms with Gasteiger partial charge in [0.05, 0.1) is 12.8 Å². The Morgan fingerprint density at radius 3 is 2.58 bits per heavy atom. The van der Waals surface area contributed by atoms with Crippen LogP contribution in [0.15, 0.2) is 29.1 Å². The number of nitrogens with one attached hydrogen (secondary N) is 2. The van der Waals surface area contributed by atoms with E-state index in [0.717, 1.165) is 28.3 Å². The van der Waals surface area contributed by atoms with Crippen LogP contribution in [0.5, 0.6) is 5.75 Å². The number of carbonyl (C=O) groups excluding carboxylic acids is 1. The number of para-hydroxylation sites is 1. The van der Waals surface area contributed by atoms with Gasteiger partial charge in [-0.1, -0.05) is 18.2 Å². The van der Waals surface area contributed by atoms with E-state index in [-0.39, 0.29) is 11.5 Å². The minimum absolute atomic E-state index is 0.0147. The lowest BCUT2D eigenvalue weighted by Gasteiger charge is -2.09. The van der Waals surface area contributed by atoms with E-state index in [1.54, 1.807) is 25.6 Å². The highest BCUT2D eigenvalue weighted by molar-refractivity contribution is 5.76. The van der Waals surface area contributed by atoms with E-state index in [1.807, 2.05) is 38.1 Å². The van der Waals surface area contributed by atoms with Crippen molar-refractivity contribution in [2.24, 2.45) is 0 Å². The third-order valence-corrected chi connectivity index (χ3v) is 5.54. The largest absolute Gasteiger partial charge is 0.496 e. The minimum Gasteiger partial charge on any atom is -0.496 e. The predicted molar refractivity (Wildman–Crippen MR) is 119 cm³/mol. The number of benzene rings is 1. The average molecular weight is 424 g/mol. The molecule has 1 aromatic carbocycles. The fourth-order valence-corrected chi connectivity index (χ4v) is 3.55. The van der Waals surface area contributed by atoms with Gasteiger partial charge in [-0.3, -0.25) is 14.6 Å². The smallest absolute Gasteiger partial charge is 0.255 e. The molecule has 0 atom stereocenters. The van der Waals surface area contributed by atoms with E-state index in [4.69, 9.17) is 4.74 Å². The summed E-state index contributed by atoms with van der Waals surface area (Å²) in [6.45, 7) is 7.91. The molecule has 2 N–H and O–H groups in total. The number of nitrogens with zero attached hydrogens (tertiary/aromatic N) is 3. The van der Waals surface area contributed by atoms with Crippen molar-refractivity contribution in [2.45, 2.75) is 47.0 Å². The van der Waals surface area contributed by atoms with Gasteiger partial charge in [0.1, 0.15) is 5.75 Å². The van der Waals surface area contributed by atoms with Crippen LogP contribution in [-0.4, -0.2) is 39.3 Å². The lowest BCUT2D eigenvalue weighted by atomic mass is 10.1. The number of aromatic nitrogens is 4. The SMILES string of the molecule is COc1ccccc1CCNC(=O)CCc1c(C)nn(-c2nc(C)c(C)c(=O)[nH]2)c1C. The van der Waals surface area contributed by atoms with Crippen LogP contribution in [0, 0.1) is 27.7 Å². The summed E-state index contributed by atoms with van der Waals surface area (Å²) in [6.07, 6.45) is 1.63. The van der Waals surface area contributed by atoms with Crippen molar-refractivity contribution < 1.29 is 9.53 Å². The van der Waals surface area contributed by atoms with Crippen molar-refractivity contribution >= 4 is 5.91 Å². The summed E-state index contributed by atoms with van der Waals surface area (Å²) in [4.78, 5) is 31.7. The van der Waals surface area contributed by atoms with Gasteiger partial charge in [0, 0.05) is 29.9 Å². The van der Waals surface area contributed by atoms with Gasteiger partial charge in [-0.15, -0.1) is 0 Å². The summed E-state index contributed by atoms with van der Waals surface area (Å²) in [5.41, 5.74) is 4.82. The molecule has 0 unspecified atom stereocenters. The standard InChI is InChI=1S/C23H29N5O3/c1-14-15(2)25-23(26-22(14)30)28-17(4)19(16(3)27-28)10-11-21(29)24-13-12-18-8-6-7-9-20(18)31-5/h6-9H,10-13H2,1-5H3,(H,24,29)(H,25,26,30). The van der Waals surface area contributed by atoms with Crippen molar-refractivity contribution in [1.82, 2.24) is 25.1 Å². The second-order valence-corrected chi connectivity index (χ2v) is 7.57. The number of methoxy groups -OCH3 is 1. The summed E-state index contributed by atoms with van der Waals surface area (Å²) in [7, 11) is 1.64. The number of hydrogen-bond donors (Lipinski definition) is 2. The van der Waals surface area contributed by atoms with Gasteiger partial charge in [0.25, 0.3) is 5.56 Å². The molecule has 0 aliphatic heterocycles. The van der Waals surface area contributed by atoms with E-state index in [2.05, 4.69) is 20.4 Å². The summed E-state index contributed by atoms with van der Waals surface area (Å²) in [5.74, 6) is 1.20. The molecule has 0 saturated heterocycles. The fourth-order valence-electron chi connectivity index (χ4n) is 3.55. The van der Waals surface area contributed by atoms with Crippen molar-refractivity contribution in [1.29, 1.82) is 0 Å². The molecule has 31 heavy (non-hydrogen) atoms. The molecule has 0 spiro atoms. The Morgan fingerprint density at radius 2 is 1.87 bits per heavy atom. The number of carbonyl (C=O) groups is 1. The molecule has 0 aliphatic rings. The molecule has 1 amide bonds. The zero-order valence-corrected chi connectivity index (χ0v) is 18.7. The minimum atomic E-state index is -0.175. The van der Waals surface area contributed by atoms with Gasteiger partial charge in [-0.05, 0) is 57.7 Å². The zero-order valence-electron chi connectivity index (χ0n) is 18.7. The Kier molecular flexibility index (Phi) is 6.89. The second kappa shape index (κ2) is 9.59. The maximum atomic E-state index is 12.4. The molecule has 0 radical (unpaired) electrons. The van der Waals surface area contributed by atoms with E-state index in [0.29, 0.717) is 43.0 Å². The first-order chi connectivity index (χ1) is 14.8. The molecule has 2 heterocycles. The molecular weight excluding hydrogens is 394 g/mol. The average Bonchev–Trinajstić information content (AvgIpc) is 3.04. The Morgan fingerprint density at radius 1 is 1.13 bits per heavy atom. The number of ether oxygens (including phenoxy) is 1. The second-order valence-electron chi connectivity index (χ2n) is 7.57. The van der Waals surface area contributed by atoms with Crippen molar-refractivity contribution in [3.8, 4) is 11.7 Å². The molecule has 8 heteroatoms. The van der Waals surface area contributed by atoms with Crippen LogP contribution in [0.1, 0.15) is 40.2 Å². The van der Waals surface area contributed by atoms with Crippen LogP contribution < -0.4 is 15.6 Å². The van der Waals surface area contributed by atoms with Crippen LogP contribution in [0.3, 0.4) is 0 Å². The molecule has 3 aromatic rings. The summed E-state index contributed by atoms with van der Waals surface area (Å²) in [6, 6.07) is 7.80. The highest BCUT2D eigenvalue weighted by Gasteiger charge is 2.16. The maximum Gasteiger partial charge on any atom is 0.255 e. The Labute approximate surface area is 181 Å². The summed E-state index contributed by atoms with van der Waals surface area (Å²) < 4.78 is 6.98. The molecule has 0 aliphatic carbocycles. The van der Waals surface area contributed by atoms with Crippen LogP contribution in [-0.2, 0) is 17.6 Å². The highest BCUT2D eigenvalue weighted by Crippen LogP contribution is 2.19. The topological polar surface area (TPSA) is 102 Å². The van der Waals surface area contributed by atoms with Crippen molar-refractivity contribution in [3.63, 3.8) is 0 Å². The quantitative estimate of drug-likeness (QED) is 0.580. The third-order valence-electron chi connectivity index (χ3n) is 5.54. The van der Waals surface area contributed by atoms with E-state index >= 15 is 0 Å². The fraction of sp³-hybridized carbons (Fsp3) is 0.391. The Balaban J connectivity index is 1.62. The number of amides is 1. The lowest BCUT2D eigenvalue weighted by molar-refractivity contribution is -0.121. The molecule has 2 aromatic heterocycles. The van der Waals surface area contributed by atoms with Crippen LogP contribution in [0.25, 0.3) is 5.95 Å². The predicted octanol–water partition coefficient (Wildman–Crippen LogP) is 2.49. The van der Waals surface area contributed by atoms with Gasteiger partial charge in [0.15, 0.2) is 0 Å². The number of hydrogen-bond acceptors (Lipinski definition) is 5. The van der Waals surface area contributed by atoms with E-state index in [1.165, 1.54) is 0 Å². The molecule has 0 bridgehead atoms.